The first-order chi connectivity index (χ1) is 30.2. The number of urea groups is 1. The number of oxazole rings is 1. The molecule has 3 aromatic rings. The van der Waals surface area contributed by atoms with Crippen molar-refractivity contribution in [3.63, 3.8) is 0 Å². The van der Waals surface area contributed by atoms with Crippen LogP contribution >= 0.6 is 0 Å². The lowest BCUT2D eigenvalue weighted by Crippen LogP contribution is -2.53. The van der Waals surface area contributed by atoms with Gasteiger partial charge < -0.3 is 48.6 Å². The van der Waals surface area contributed by atoms with Gasteiger partial charge in [0.2, 0.25) is 5.91 Å². The smallest absolute Gasteiger partial charge is 0.419 e. The minimum absolute atomic E-state index is 0. The number of esters is 1. The van der Waals surface area contributed by atoms with Gasteiger partial charge in [-0.05, 0) is 94.9 Å². The fourth-order valence-corrected chi connectivity index (χ4v) is 8.66. The number of hydrogen-bond acceptors (Lipinski definition) is 11. The van der Waals surface area contributed by atoms with E-state index in [9.17, 15) is 28.8 Å². The van der Waals surface area contributed by atoms with E-state index in [2.05, 4.69) is 17.1 Å². The number of rotatable bonds is 11. The summed E-state index contributed by atoms with van der Waals surface area (Å²) in [6, 6.07) is 11.4. The van der Waals surface area contributed by atoms with E-state index in [-0.39, 0.29) is 56.5 Å². The van der Waals surface area contributed by atoms with E-state index in [0.29, 0.717) is 75.7 Å². The molecule has 4 aliphatic heterocycles. The number of piperazine rings is 1. The van der Waals surface area contributed by atoms with Crippen molar-refractivity contribution in [1.29, 1.82) is 0 Å². The third kappa shape index (κ3) is 13.1. The zero-order chi connectivity index (χ0) is 45.2. The Bertz CT molecular complexity index is 2130. The van der Waals surface area contributed by atoms with E-state index in [4.69, 9.17) is 13.9 Å². The number of carbonyl (C=O) groups excluding carboxylic acids is 5. The standard InChI is InChI=1S/C32H40N6O6.C14H26N2O3.CH4/c1-21-18-22(19-26-28(21)35(3)31(41)43-26)20-27(29(39)36-16-14-34(2)15-17-36)44-32(42)37-11-9-24(10-12-37)38-13-8-23-6-4-5-7-25(23)33-30(38)40;1-12-6-8-16(9-7-12)13(17)4-5-14(18)19-11-10-15(2)3;/h4-7,18-19,24,27H,8-17,20H2,1-3H3,(H,33,40);12H,4-11H2,1-3H3;1H4/t27-;;/m1../s1. The monoisotopic (exact) mass is 891 g/mol. The average Bonchev–Trinajstić information content (AvgIpc) is 3.44. The van der Waals surface area contributed by atoms with Crippen LogP contribution in [-0.4, -0.2) is 169 Å². The minimum atomic E-state index is -1.02. The molecular formula is C47H70N8O9. The van der Waals surface area contributed by atoms with Crippen LogP contribution in [0.25, 0.3) is 11.1 Å². The normalized spacial score (nSPS) is 18.0. The Morgan fingerprint density at radius 1 is 0.859 bits per heavy atom. The van der Waals surface area contributed by atoms with Crippen LogP contribution in [0.1, 0.15) is 69.6 Å². The predicted molar refractivity (Wildman–Crippen MR) is 245 cm³/mol. The van der Waals surface area contributed by atoms with Crippen LogP contribution in [-0.2, 0) is 43.7 Å². The van der Waals surface area contributed by atoms with Crippen molar-refractivity contribution in [2.24, 2.45) is 13.0 Å². The highest BCUT2D eigenvalue weighted by atomic mass is 16.6. The lowest BCUT2D eigenvalue weighted by Gasteiger charge is -2.38. The number of carbonyl (C=O) groups is 5. The Kier molecular flexibility index (Phi) is 17.8. The number of aryl methyl sites for hydroxylation is 2. The summed E-state index contributed by atoms with van der Waals surface area (Å²) < 4.78 is 17.9. The van der Waals surface area contributed by atoms with E-state index < -0.39 is 18.0 Å². The summed E-state index contributed by atoms with van der Waals surface area (Å²) in [4.78, 5) is 87.0. The minimum Gasteiger partial charge on any atom is -0.464 e. The van der Waals surface area contributed by atoms with Gasteiger partial charge in [-0.15, -0.1) is 0 Å². The molecule has 5 amide bonds. The molecule has 1 aromatic heterocycles. The van der Waals surface area contributed by atoms with Crippen molar-refractivity contribution in [2.75, 3.05) is 98.5 Å². The van der Waals surface area contributed by atoms with Crippen LogP contribution in [0, 0.1) is 12.8 Å². The highest BCUT2D eigenvalue weighted by Gasteiger charge is 2.35. The Morgan fingerprint density at radius 2 is 1.53 bits per heavy atom. The van der Waals surface area contributed by atoms with Crippen LogP contribution in [0.15, 0.2) is 45.6 Å². The van der Waals surface area contributed by atoms with Gasteiger partial charge in [0.25, 0.3) is 5.91 Å². The lowest BCUT2D eigenvalue weighted by atomic mass is 9.99. The summed E-state index contributed by atoms with van der Waals surface area (Å²) in [7, 11) is 7.52. The molecule has 0 saturated carbocycles. The zero-order valence-corrected chi connectivity index (χ0v) is 37.9. The van der Waals surface area contributed by atoms with Crippen molar-refractivity contribution >= 4 is 46.7 Å². The topological polar surface area (TPSA) is 170 Å². The number of para-hydroxylation sites is 1. The largest absolute Gasteiger partial charge is 0.464 e. The second-order valence-corrected chi connectivity index (χ2v) is 17.7. The molecule has 17 nitrogen and oxygen atoms in total. The average molecular weight is 891 g/mol. The number of fused-ring (bicyclic) bond motifs is 2. The molecule has 3 fully saturated rings. The lowest BCUT2D eigenvalue weighted by molar-refractivity contribution is -0.146. The number of amides is 5. The maximum absolute atomic E-state index is 13.7. The number of hydrogen-bond donors (Lipinski definition) is 1. The van der Waals surface area contributed by atoms with Crippen molar-refractivity contribution in [2.45, 2.75) is 84.8 Å². The molecule has 0 unspecified atom stereocenters. The molecule has 64 heavy (non-hydrogen) atoms. The number of nitrogens with one attached hydrogen (secondary N) is 1. The maximum atomic E-state index is 13.7. The number of benzene rings is 2. The fourth-order valence-electron chi connectivity index (χ4n) is 8.66. The number of piperidine rings is 2. The molecule has 7 rings (SSSR count). The van der Waals surface area contributed by atoms with Gasteiger partial charge in [0, 0.05) is 97.1 Å². The van der Waals surface area contributed by atoms with Gasteiger partial charge >= 0.3 is 23.8 Å². The highest BCUT2D eigenvalue weighted by Crippen LogP contribution is 2.26. The maximum Gasteiger partial charge on any atom is 0.419 e. The quantitative estimate of drug-likeness (QED) is 0.268. The second kappa shape index (κ2) is 23.0. The van der Waals surface area contributed by atoms with Crippen molar-refractivity contribution in [1.82, 2.24) is 34.0 Å². The van der Waals surface area contributed by atoms with Gasteiger partial charge in [-0.25, -0.2) is 14.4 Å². The number of nitrogens with zero attached hydrogens (tertiary/aromatic N) is 7. The van der Waals surface area contributed by atoms with Crippen LogP contribution < -0.4 is 11.1 Å². The van der Waals surface area contributed by atoms with Crippen molar-refractivity contribution in [3.05, 3.63) is 63.6 Å². The summed E-state index contributed by atoms with van der Waals surface area (Å²) >= 11 is 0. The molecule has 5 heterocycles. The molecule has 0 aliphatic carbocycles. The van der Waals surface area contributed by atoms with E-state index >= 15 is 0 Å². The molecule has 1 atom stereocenters. The number of anilines is 1. The van der Waals surface area contributed by atoms with Crippen LogP contribution in [0.5, 0.6) is 0 Å². The predicted octanol–water partition coefficient (Wildman–Crippen LogP) is 4.58. The first-order valence-electron chi connectivity index (χ1n) is 22.4. The first-order valence-corrected chi connectivity index (χ1v) is 22.4. The van der Waals surface area contributed by atoms with Gasteiger partial charge in [-0.1, -0.05) is 38.6 Å². The van der Waals surface area contributed by atoms with Gasteiger partial charge in [0.1, 0.15) is 6.61 Å². The molecule has 4 aliphatic rings. The third-order valence-corrected chi connectivity index (χ3v) is 12.7. The molecule has 0 radical (unpaired) electrons. The molecule has 3 saturated heterocycles. The molecule has 0 spiro atoms. The van der Waals surface area contributed by atoms with Gasteiger partial charge in [0.05, 0.1) is 11.9 Å². The number of likely N-dealkylation sites (tertiary alicyclic amines) is 2. The van der Waals surface area contributed by atoms with Crippen LogP contribution in [0.3, 0.4) is 0 Å². The van der Waals surface area contributed by atoms with Gasteiger partial charge in [-0.2, -0.15) is 0 Å². The SMILES string of the molecule is C.CC1CCN(C(=O)CCC(=O)OCCN(C)C)CC1.Cc1cc(C[C@@H](OC(=O)N2CCC(N3CCc4ccccc4NC3=O)CC2)C(=O)N2CCN(C)CC2)cc2oc(=O)n(C)c12. The Hall–Kier alpha value is -5.42. The summed E-state index contributed by atoms with van der Waals surface area (Å²) in [5.41, 5.74) is 4.68. The zero-order valence-electron chi connectivity index (χ0n) is 37.9. The fraction of sp³-hybridized carbons (Fsp3) is 0.617. The summed E-state index contributed by atoms with van der Waals surface area (Å²) in [5, 5.41) is 3.03. The molecule has 0 bridgehead atoms. The molecule has 2 aromatic carbocycles. The van der Waals surface area contributed by atoms with E-state index in [1.165, 1.54) is 4.57 Å². The third-order valence-electron chi connectivity index (χ3n) is 12.7. The highest BCUT2D eigenvalue weighted by molar-refractivity contribution is 5.91. The molecule has 1 N–H and O–H groups in total. The number of ether oxygens (including phenoxy) is 2. The van der Waals surface area contributed by atoms with Crippen molar-refractivity contribution < 1.29 is 37.9 Å². The van der Waals surface area contributed by atoms with Crippen molar-refractivity contribution in [3.8, 4) is 0 Å². The first kappa shape index (κ1) is 49.6. The second-order valence-electron chi connectivity index (χ2n) is 17.7. The molecule has 352 valence electrons. The Morgan fingerprint density at radius 3 is 2.22 bits per heavy atom. The van der Waals surface area contributed by atoms with E-state index in [1.807, 2.05) is 73.1 Å². The van der Waals surface area contributed by atoms with Crippen LogP contribution in [0.4, 0.5) is 15.3 Å². The summed E-state index contributed by atoms with van der Waals surface area (Å²) in [6.07, 6.45) is 3.23. The molecular weight excluding hydrogens is 821 g/mol. The van der Waals surface area contributed by atoms with E-state index in [1.54, 1.807) is 22.9 Å². The number of aromatic nitrogens is 1. The Labute approximate surface area is 377 Å². The Balaban J connectivity index is 0.000000326. The summed E-state index contributed by atoms with van der Waals surface area (Å²) in [6.45, 7) is 10.9. The van der Waals surface area contributed by atoms with Crippen LogP contribution in [0.2, 0.25) is 0 Å². The summed E-state index contributed by atoms with van der Waals surface area (Å²) in [5.74, 6) is -0.172. The van der Waals surface area contributed by atoms with Gasteiger partial charge in [0.15, 0.2) is 11.7 Å². The molecule has 17 heteroatoms. The number of likely N-dealkylation sites (N-methyl/N-ethyl adjacent to an activating group) is 2. The van der Waals surface area contributed by atoms with E-state index in [0.717, 1.165) is 67.8 Å². The van der Waals surface area contributed by atoms with Gasteiger partial charge in [-0.3, -0.25) is 19.0 Å².